The quantitative estimate of drug-likeness (QED) is 0.801. The van der Waals surface area contributed by atoms with Crippen molar-refractivity contribution in [3.63, 3.8) is 0 Å². The lowest BCUT2D eigenvalue weighted by Crippen LogP contribution is -2.25. The van der Waals surface area contributed by atoms with Crippen LogP contribution in [0.3, 0.4) is 0 Å². The van der Waals surface area contributed by atoms with Crippen LogP contribution >= 0.6 is 0 Å². The largest absolute Gasteiger partial charge is 0.377 e. The van der Waals surface area contributed by atoms with E-state index in [0.29, 0.717) is 12.6 Å². The van der Waals surface area contributed by atoms with E-state index in [9.17, 15) is 0 Å². The van der Waals surface area contributed by atoms with E-state index in [1.165, 1.54) is 0 Å². The SMILES string of the molecule is CCNc1nc(N(C)CCOC(C)C)c2cn[nH]c2n1. The van der Waals surface area contributed by atoms with Crippen LogP contribution in [-0.2, 0) is 4.74 Å². The van der Waals surface area contributed by atoms with Gasteiger partial charge >= 0.3 is 0 Å². The van der Waals surface area contributed by atoms with Crippen molar-refractivity contribution in [2.45, 2.75) is 26.9 Å². The smallest absolute Gasteiger partial charge is 0.226 e. The summed E-state index contributed by atoms with van der Waals surface area (Å²) >= 11 is 0. The van der Waals surface area contributed by atoms with Crippen LogP contribution in [0, 0.1) is 0 Å². The third-order valence-electron chi connectivity index (χ3n) is 2.86. The van der Waals surface area contributed by atoms with Crippen molar-refractivity contribution in [1.29, 1.82) is 0 Å². The number of hydrogen-bond acceptors (Lipinski definition) is 6. The molecule has 0 radical (unpaired) electrons. The summed E-state index contributed by atoms with van der Waals surface area (Å²) in [6, 6.07) is 0. The van der Waals surface area contributed by atoms with Crippen LogP contribution < -0.4 is 10.2 Å². The summed E-state index contributed by atoms with van der Waals surface area (Å²) in [6.45, 7) is 8.28. The molecule has 2 aromatic heterocycles. The van der Waals surface area contributed by atoms with E-state index in [2.05, 4.69) is 30.4 Å². The number of aromatic amines is 1. The molecule has 2 rings (SSSR count). The number of hydrogen-bond donors (Lipinski definition) is 2. The summed E-state index contributed by atoms with van der Waals surface area (Å²) in [5, 5.41) is 11.0. The van der Waals surface area contributed by atoms with Crippen LogP contribution in [0.15, 0.2) is 6.20 Å². The van der Waals surface area contributed by atoms with Gasteiger partial charge in [-0.2, -0.15) is 15.1 Å². The van der Waals surface area contributed by atoms with Gasteiger partial charge in [0.25, 0.3) is 0 Å². The predicted octanol–water partition coefficient (Wildman–Crippen LogP) is 1.65. The Balaban J connectivity index is 2.19. The molecular formula is C13H22N6O. The Morgan fingerprint density at radius 1 is 1.40 bits per heavy atom. The summed E-state index contributed by atoms with van der Waals surface area (Å²) in [4.78, 5) is 11.0. The number of H-pyrrole nitrogens is 1. The van der Waals surface area contributed by atoms with Gasteiger partial charge in [0.15, 0.2) is 5.65 Å². The molecule has 0 bridgehead atoms. The molecule has 0 amide bonds. The lowest BCUT2D eigenvalue weighted by atomic mass is 10.3. The maximum atomic E-state index is 5.58. The molecule has 0 saturated carbocycles. The summed E-state index contributed by atoms with van der Waals surface area (Å²) < 4.78 is 5.58. The molecule has 0 aromatic carbocycles. The second kappa shape index (κ2) is 6.51. The van der Waals surface area contributed by atoms with Crippen LogP contribution in [-0.4, -0.2) is 53.0 Å². The lowest BCUT2D eigenvalue weighted by Gasteiger charge is -2.20. The fourth-order valence-corrected chi connectivity index (χ4v) is 1.88. The standard InChI is InChI=1S/C13H22N6O/c1-5-14-13-16-11-10(8-15-18-11)12(17-13)19(4)6-7-20-9(2)3/h8-9H,5-7H2,1-4H3,(H2,14,15,16,17,18). The van der Waals surface area contributed by atoms with Crippen molar-refractivity contribution in [2.75, 3.05) is 37.0 Å². The molecule has 7 nitrogen and oxygen atoms in total. The molecule has 110 valence electrons. The highest BCUT2D eigenvalue weighted by Gasteiger charge is 2.13. The summed E-state index contributed by atoms with van der Waals surface area (Å²) in [6.07, 6.45) is 1.99. The number of anilines is 2. The molecule has 0 aliphatic heterocycles. The minimum absolute atomic E-state index is 0.236. The van der Waals surface area contributed by atoms with E-state index in [0.717, 1.165) is 29.9 Å². The fraction of sp³-hybridized carbons (Fsp3) is 0.615. The first-order valence-electron chi connectivity index (χ1n) is 6.89. The van der Waals surface area contributed by atoms with E-state index < -0.39 is 0 Å². The number of likely N-dealkylation sites (N-methyl/N-ethyl adjacent to an activating group) is 1. The summed E-state index contributed by atoms with van der Waals surface area (Å²) in [5.74, 6) is 1.46. The van der Waals surface area contributed by atoms with Crippen LogP contribution in [0.25, 0.3) is 11.0 Å². The number of fused-ring (bicyclic) bond motifs is 1. The topological polar surface area (TPSA) is 79.0 Å². The van der Waals surface area contributed by atoms with Crippen LogP contribution in [0.4, 0.5) is 11.8 Å². The highest BCUT2D eigenvalue weighted by atomic mass is 16.5. The van der Waals surface area contributed by atoms with Crippen molar-refractivity contribution < 1.29 is 4.74 Å². The lowest BCUT2D eigenvalue weighted by molar-refractivity contribution is 0.0845. The second-order valence-corrected chi connectivity index (χ2v) is 4.87. The van der Waals surface area contributed by atoms with E-state index in [1.54, 1.807) is 6.20 Å². The number of nitrogens with one attached hydrogen (secondary N) is 2. The number of nitrogens with zero attached hydrogens (tertiary/aromatic N) is 4. The van der Waals surface area contributed by atoms with E-state index in [1.807, 2.05) is 27.8 Å². The van der Waals surface area contributed by atoms with Crippen molar-refractivity contribution in [2.24, 2.45) is 0 Å². The van der Waals surface area contributed by atoms with Gasteiger partial charge in [-0.15, -0.1) is 0 Å². The number of ether oxygens (including phenoxy) is 1. The first-order valence-corrected chi connectivity index (χ1v) is 6.89. The highest BCUT2D eigenvalue weighted by molar-refractivity contribution is 5.87. The monoisotopic (exact) mass is 278 g/mol. The molecule has 0 saturated heterocycles. The normalized spacial score (nSPS) is 11.2. The van der Waals surface area contributed by atoms with Gasteiger partial charge in [-0.05, 0) is 20.8 Å². The zero-order valence-electron chi connectivity index (χ0n) is 12.5. The molecule has 0 atom stereocenters. The Morgan fingerprint density at radius 2 is 2.20 bits per heavy atom. The average molecular weight is 278 g/mol. The van der Waals surface area contributed by atoms with Gasteiger partial charge in [0.05, 0.1) is 24.3 Å². The van der Waals surface area contributed by atoms with Crippen molar-refractivity contribution >= 4 is 22.8 Å². The molecule has 2 N–H and O–H groups in total. The Kier molecular flexibility index (Phi) is 4.73. The van der Waals surface area contributed by atoms with Crippen LogP contribution in [0.5, 0.6) is 0 Å². The maximum absolute atomic E-state index is 5.58. The molecular weight excluding hydrogens is 256 g/mol. The van der Waals surface area contributed by atoms with Gasteiger partial charge < -0.3 is 15.0 Å². The maximum Gasteiger partial charge on any atom is 0.226 e. The van der Waals surface area contributed by atoms with Gasteiger partial charge in [0.1, 0.15) is 5.82 Å². The van der Waals surface area contributed by atoms with E-state index in [4.69, 9.17) is 4.74 Å². The Hall–Kier alpha value is -1.89. The molecule has 0 unspecified atom stereocenters. The van der Waals surface area contributed by atoms with Gasteiger partial charge in [-0.3, -0.25) is 5.10 Å². The van der Waals surface area contributed by atoms with Crippen molar-refractivity contribution in [3.05, 3.63) is 6.20 Å². The van der Waals surface area contributed by atoms with E-state index >= 15 is 0 Å². The summed E-state index contributed by atoms with van der Waals surface area (Å²) in [7, 11) is 1.99. The Bertz CT molecular complexity index is 553. The molecule has 2 aromatic rings. The van der Waals surface area contributed by atoms with Gasteiger partial charge in [0.2, 0.25) is 5.95 Å². The fourth-order valence-electron chi connectivity index (χ4n) is 1.88. The minimum Gasteiger partial charge on any atom is -0.377 e. The summed E-state index contributed by atoms with van der Waals surface area (Å²) in [5.41, 5.74) is 0.738. The molecule has 2 heterocycles. The predicted molar refractivity (Wildman–Crippen MR) is 80.2 cm³/mol. The van der Waals surface area contributed by atoms with Crippen LogP contribution in [0.1, 0.15) is 20.8 Å². The first-order chi connectivity index (χ1) is 9.61. The average Bonchev–Trinajstić information content (AvgIpc) is 2.85. The molecule has 0 aliphatic rings. The third-order valence-corrected chi connectivity index (χ3v) is 2.86. The molecule has 0 aliphatic carbocycles. The van der Waals surface area contributed by atoms with Gasteiger partial charge in [-0.1, -0.05) is 0 Å². The van der Waals surface area contributed by atoms with Gasteiger partial charge in [0, 0.05) is 20.1 Å². The molecule has 0 fully saturated rings. The second-order valence-electron chi connectivity index (χ2n) is 4.87. The van der Waals surface area contributed by atoms with Crippen molar-refractivity contribution in [1.82, 2.24) is 20.2 Å². The van der Waals surface area contributed by atoms with E-state index in [-0.39, 0.29) is 6.10 Å². The molecule has 0 spiro atoms. The minimum atomic E-state index is 0.236. The Labute approximate surface area is 118 Å². The zero-order valence-corrected chi connectivity index (χ0v) is 12.5. The Morgan fingerprint density at radius 3 is 2.90 bits per heavy atom. The number of aromatic nitrogens is 4. The first kappa shape index (κ1) is 14.5. The number of rotatable bonds is 7. The van der Waals surface area contributed by atoms with Gasteiger partial charge in [-0.25, -0.2) is 0 Å². The highest BCUT2D eigenvalue weighted by Crippen LogP contribution is 2.22. The molecule has 7 heteroatoms. The third kappa shape index (κ3) is 3.36. The van der Waals surface area contributed by atoms with Crippen molar-refractivity contribution in [3.8, 4) is 0 Å². The zero-order chi connectivity index (χ0) is 14.5. The molecule has 20 heavy (non-hydrogen) atoms. The van der Waals surface area contributed by atoms with Crippen LogP contribution in [0.2, 0.25) is 0 Å².